The van der Waals surface area contributed by atoms with Crippen LogP contribution in [0.25, 0.3) is 0 Å². The molecule has 676 valence electrons. The quantitative estimate of drug-likeness (QED) is 0.0655. The van der Waals surface area contributed by atoms with Crippen LogP contribution in [0, 0.1) is 115 Å². The van der Waals surface area contributed by atoms with Gasteiger partial charge in [0, 0.05) is 30.6 Å². The Morgan fingerprint density at radius 3 is 1.44 bits per heavy atom. The van der Waals surface area contributed by atoms with E-state index in [2.05, 4.69) is 41.5 Å². The third-order valence-corrected chi connectivity index (χ3v) is 32.5. The molecular weight excluding hydrogens is 1520 g/mol. The van der Waals surface area contributed by atoms with Crippen LogP contribution in [0.1, 0.15) is 353 Å². The van der Waals surface area contributed by atoms with Crippen LogP contribution in [0.15, 0.2) is 0 Å². The minimum Gasteiger partial charge on any atom is -0.463 e. The van der Waals surface area contributed by atoms with E-state index in [1.54, 1.807) is 41.5 Å². The fourth-order valence-corrected chi connectivity index (χ4v) is 21.9. The standard InChI is InChI=1S/C25H36O8.C19H30O2.C16H26O3.C14H26O2.C12H20O4.C10H16O4/c1-6-24(4,5)23(29)30-12-16(26)31-19-15-11-14-17(21(27)32-20(14)19)18(15)22(28)33-25(13(2)3)9-7-8-10-25;1-5-18(3,4)17(20)21-19(6-2)10-13-9-14(19)16-12-7-11(8-12)15(13)16;1-4-14(2,3)13(17)19-16-8-11-5-12(9-16)7-15(18,6-11)10-16;1-6-13(4,5)12(15)16-14(11(2)3)9-7-8-10-14;1-6-11(3,4)10(14)16-12(5)7-9(13)15-8(12)2;1-4-10(2,3)9(12)14-7-5-6-13-8(7)11/h13-15,17-20H,6-12H2,1-5H3;11-16H,5-10H2,1-4H3;11-12,18H,4-10H2,1-3H3;11H,6-10H2,1-5H3;8H,6-7H2,1-5H3;7H,4-6H2,1-3H3. The number of esters is 11. The zero-order valence-electron chi connectivity index (χ0n) is 77.5. The fraction of sp³-hybridized carbons (Fsp3) is 0.885. The van der Waals surface area contributed by atoms with E-state index in [9.17, 15) is 57.8 Å². The van der Waals surface area contributed by atoms with E-state index in [4.69, 9.17) is 52.1 Å². The van der Waals surface area contributed by atoms with Crippen molar-refractivity contribution in [1.29, 1.82) is 0 Å². The SMILES string of the molecule is CCC(C)(C)C(=O)OC1(C(C)C)CCCC1.CCC(C)(C)C(=O)OC1(C)CC(=O)OC1C.CCC(C)(C)C(=O)OC1(CC)CC2CC1C1C3CC(C3)C21.CCC(C)(C)C(=O)OC12CC3CC(CC(O)(C3)C1)C2.CCC(C)(C)C(=O)OC1CCOC1=O.CCC(C)(C)C(=O)OCC(=O)OC1C2CC3C1OC(=O)C3C2C(=O)OC1(C(C)C)CCCC1. The zero-order chi connectivity index (χ0) is 88.7. The summed E-state index contributed by atoms with van der Waals surface area (Å²) in [5.74, 6) is 2.10. The summed E-state index contributed by atoms with van der Waals surface area (Å²) in [5.41, 5.74) is -5.34. The fourth-order valence-electron chi connectivity index (χ4n) is 21.9. The Hall–Kier alpha value is -5.87. The van der Waals surface area contributed by atoms with Crippen LogP contribution in [-0.4, -0.2) is 142 Å². The second-order valence-corrected chi connectivity index (χ2v) is 43.5. The molecule has 3 heterocycles. The summed E-state index contributed by atoms with van der Waals surface area (Å²) < 4.78 is 60.8. The number of ether oxygens (including phenoxy) is 11. The van der Waals surface area contributed by atoms with Gasteiger partial charge in [0.05, 0.1) is 63.0 Å². The molecular formula is C96H154O23. The monoisotopic (exact) mass is 1680 g/mol. The topological polar surface area (TPSA) is 310 Å². The lowest BCUT2D eigenvalue weighted by molar-refractivity contribution is -0.225. The lowest BCUT2D eigenvalue weighted by Gasteiger charge is -2.59. The van der Waals surface area contributed by atoms with Gasteiger partial charge in [-0.3, -0.25) is 43.2 Å². The summed E-state index contributed by atoms with van der Waals surface area (Å²) in [6, 6.07) is 0. The van der Waals surface area contributed by atoms with Crippen molar-refractivity contribution in [1.82, 2.24) is 0 Å². The molecule has 16 rings (SSSR count). The molecule has 10 bridgehead atoms. The van der Waals surface area contributed by atoms with Crippen molar-refractivity contribution in [3.05, 3.63) is 0 Å². The van der Waals surface area contributed by atoms with Crippen LogP contribution >= 0.6 is 0 Å². The highest BCUT2D eigenvalue weighted by Crippen LogP contribution is 2.73. The van der Waals surface area contributed by atoms with Gasteiger partial charge in [0.2, 0.25) is 6.10 Å². The van der Waals surface area contributed by atoms with Crippen molar-refractivity contribution < 1.29 is 110 Å². The first-order valence-electron chi connectivity index (χ1n) is 46.2. The van der Waals surface area contributed by atoms with Crippen molar-refractivity contribution >= 4 is 65.7 Å². The Labute approximate surface area is 711 Å². The molecule has 16 fully saturated rings. The number of hydrogen-bond donors (Lipinski definition) is 1. The molecule has 23 nitrogen and oxygen atoms in total. The number of cyclic esters (lactones) is 2. The molecule has 13 aliphatic carbocycles. The number of aliphatic hydroxyl groups is 1. The van der Waals surface area contributed by atoms with E-state index in [1.165, 1.54) is 38.5 Å². The van der Waals surface area contributed by atoms with E-state index < -0.39 is 99.1 Å². The van der Waals surface area contributed by atoms with Crippen molar-refractivity contribution in [2.24, 2.45) is 115 Å². The van der Waals surface area contributed by atoms with E-state index in [1.807, 2.05) is 90.0 Å². The molecule has 0 aromatic carbocycles. The maximum atomic E-state index is 13.4. The van der Waals surface area contributed by atoms with Crippen LogP contribution in [-0.2, 0) is 105 Å². The van der Waals surface area contributed by atoms with Crippen LogP contribution < -0.4 is 0 Å². The molecule has 3 saturated heterocycles. The van der Waals surface area contributed by atoms with Gasteiger partial charge in [0.15, 0.2) is 12.2 Å². The highest BCUT2D eigenvalue weighted by molar-refractivity contribution is 5.87. The van der Waals surface area contributed by atoms with Crippen LogP contribution in [0.3, 0.4) is 0 Å². The van der Waals surface area contributed by atoms with Gasteiger partial charge in [-0.2, -0.15) is 0 Å². The number of rotatable bonds is 25. The predicted octanol–water partition coefficient (Wildman–Crippen LogP) is 17.9. The minimum absolute atomic E-state index is 0.0226. The van der Waals surface area contributed by atoms with Crippen LogP contribution in [0.5, 0.6) is 0 Å². The number of carbonyl (C=O) groups is 11. The first-order chi connectivity index (χ1) is 55.2. The van der Waals surface area contributed by atoms with Gasteiger partial charge in [-0.15, -0.1) is 0 Å². The first-order valence-corrected chi connectivity index (χ1v) is 46.2. The second kappa shape index (κ2) is 36.7. The molecule has 0 spiro atoms. The van der Waals surface area contributed by atoms with Crippen molar-refractivity contribution in [3.8, 4) is 0 Å². The van der Waals surface area contributed by atoms with Gasteiger partial charge >= 0.3 is 65.7 Å². The summed E-state index contributed by atoms with van der Waals surface area (Å²) in [6.07, 6.45) is 23.6. The lowest BCUT2D eigenvalue weighted by Crippen LogP contribution is -2.61. The van der Waals surface area contributed by atoms with Crippen molar-refractivity contribution in [2.45, 2.75) is 411 Å². The summed E-state index contributed by atoms with van der Waals surface area (Å²) >= 11 is 0. The van der Waals surface area contributed by atoms with Gasteiger partial charge in [-0.1, -0.05) is 76.2 Å². The van der Waals surface area contributed by atoms with Gasteiger partial charge in [-0.25, -0.2) is 9.59 Å². The zero-order valence-corrected chi connectivity index (χ0v) is 77.5. The molecule has 0 radical (unpaired) electrons. The highest BCUT2D eigenvalue weighted by Gasteiger charge is 2.72. The Morgan fingerprint density at radius 2 is 0.975 bits per heavy atom. The molecule has 16 atom stereocenters. The molecule has 0 amide bonds. The number of carbonyl (C=O) groups excluding carboxylic acids is 11. The number of fused-ring (bicyclic) bond motifs is 3. The molecule has 3 aliphatic heterocycles. The van der Waals surface area contributed by atoms with E-state index >= 15 is 0 Å². The third-order valence-electron chi connectivity index (χ3n) is 32.5. The predicted molar refractivity (Wildman–Crippen MR) is 445 cm³/mol. The van der Waals surface area contributed by atoms with Crippen LogP contribution in [0.4, 0.5) is 0 Å². The van der Waals surface area contributed by atoms with Gasteiger partial charge in [0.25, 0.3) is 0 Å². The normalized spacial score (nSPS) is 34.6. The van der Waals surface area contributed by atoms with E-state index in [-0.39, 0.29) is 99.7 Å². The largest absolute Gasteiger partial charge is 0.463 e. The maximum Gasteiger partial charge on any atom is 0.347 e. The molecule has 0 aromatic rings. The molecule has 23 heteroatoms. The molecule has 13 saturated carbocycles. The summed E-state index contributed by atoms with van der Waals surface area (Å²) in [7, 11) is 0. The lowest BCUT2D eigenvalue weighted by atomic mass is 9.52. The summed E-state index contributed by atoms with van der Waals surface area (Å²) in [6.45, 7) is 48.5. The van der Waals surface area contributed by atoms with Crippen molar-refractivity contribution in [3.63, 3.8) is 0 Å². The van der Waals surface area contributed by atoms with E-state index in [0.717, 1.165) is 126 Å². The summed E-state index contributed by atoms with van der Waals surface area (Å²) in [5, 5.41) is 10.6. The summed E-state index contributed by atoms with van der Waals surface area (Å²) in [4.78, 5) is 133. The third kappa shape index (κ3) is 20.6. The van der Waals surface area contributed by atoms with Gasteiger partial charge < -0.3 is 57.2 Å². The Balaban J connectivity index is 0.000000167. The Bertz CT molecular complexity index is 3640. The van der Waals surface area contributed by atoms with Crippen molar-refractivity contribution in [2.75, 3.05) is 13.2 Å². The average molecular weight is 1680 g/mol. The average Bonchev–Trinajstić information content (AvgIpc) is 1.53. The molecule has 16 aliphatic rings. The first kappa shape index (κ1) is 96.9. The van der Waals surface area contributed by atoms with Gasteiger partial charge in [0.1, 0.15) is 40.7 Å². The number of hydrogen-bond acceptors (Lipinski definition) is 23. The maximum absolute atomic E-state index is 13.4. The Morgan fingerprint density at radius 1 is 0.504 bits per heavy atom. The molecule has 16 unspecified atom stereocenters. The molecule has 119 heavy (non-hydrogen) atoms. The Kier molecular flexibility index (Phi) is 29.9. The highest BCUT2D eigenvalue weighted by atomic mass is 16.6. The smallest absolute Gasteiger partial charge is 0.347 e. The molecule has 1 N–H and O–H groups in total. The van der Waals surface area contributed by atoms with Crippen LogP contribution in [0.2, 0.25) is 0 Å². The second-order valence-electron chi connectivity index (χ2n) is 43.5. The molecule has 0 aromatic heterocycles. The van der Waals surface area contributed by atoms with Gasteiger partial charge in [-0.05, 0) is 311 Å². The van der Waals surface area contributed by atoms with E-state index in [0.29, 0.717) is 68.8 Å². The minimum atomic E-state index is -0.819.